The summed E-state index contributed by atoms with van der Waals surface area (Å²) in [6.45, 7) is 5.63. The Kier molecular flexibility index (Phi) is 5.66. The molecule has 1 aliphatic rings. The Morgan fingerprint density at radius 1 is 1.16 bits per heavy atom. The summed E-state index contributed by atoms with van der Waals surface area (Å²) in [7, 11) is 1.83. The van der Waals surface area contributed by atoms with Crippen molar-refractivity contribution in [3.8, 4) is 0 Å². The van der Waals surface area contributed by atoms with E-state index in [9.17, 15) is 4.79 Å². The summed E-state index contributed by atoms with van der Waals surface area (Å²) in [5, 5.41) is 3.19. The average Bonchev–Trinajstić information content (AvgIpc) is 2.95. The number of pyridine rings is 1. The first-order chi connectivity index (χ1) is 12.1. The van der Waals surface area contributed by atoms with Gasteiger partial charge in [-0.1, -0.05) is 37.3 Å². The largest absolute Gasteiger partial charge is 0.334 e. The molecule has 2 atom stereocenters. The summed E-state index contributed by atoms with van der Waals surface area (Å²) in [6, 6.07) is 14.5. The first-order valence-corrected chi connectivity index (χ1v) is 8.78. The number of carbonyl (C=O) groups is 1. The number of carbonyl (C=O) groups excluding carboxylic acids is 1. The minimum absolute atomic E-state index is 0.0183. The second-order valence-corrected chi connectivity index (χ2v) is 6.92. The van der Waals surface area contributed by atoms with E-state index in [1.165, 1.54) is 5.56 Å². The molecule has 0 bridgehead atoms. The zero-order valence-electron chi connectivity index (χ0n) is 14.9. The number of urea groups is 1. The number of nitrogens with one attached hydrogen (secondary N) is 1. The lowest BCUT2D eigenvalue weighted by molar-refractivity contribution is 0.200. The Morgan fingerprint density at radius 3 is 2.60 bits per heavy atom. The minimum atomic E-state index is -0.0183. The van der Waals surface area contributed by atoms with Gasteiger partial charge in [0.15, 0.2) is 0 Å². The quantitative estimate of drug-likeness (QED) is 0.912. The molecule has 2 amide bonds. The van der Waals surface area contributed by atoms with Crippen molar-refractivity contribution in [2.75, 3.05) is 20.1 Å². The minimum Gasteiger partial charge on any atom is -0.334 e. The van der Waals surface area contributed by atoms with Crippen LogP contribution in [-0.4, -0.2) is 47.0 Å². The van der Waals surface area contributed by atoms with Crippen molar-refractivity contribution in [2.24, 2.45) is 5.92 Å². The fourth-order valence-electron chi connectivity index (χ4n) is 3.33. The van der Waals surface area contributed by atoms with E-state index in [0.29, 0.717) is 12.5 Å². The number of amides is 2. The van der Waals surface area contributed by atoms with Gasteiger partial charge in [0.05, 0.1) is 0 Å². The molecule has 1 aromatic heterocycles. The number of benzene rings is 1. The predicted octanol–water partition coefficient (Wildman–Crippen LogP) is 2.74. The molecule has 5 heteroatoms. The van der Waals surface area contributed by atoms with E-state index in [-0.39, 0.29) is 12.1 Å². The number of hydrogen-bond acceptors (Lipinski definition) is 3. The van der Waals surface area contributed by atoms with Crippen LogP contribution in [0.25, 0.3) is 0 Å². The molecule has 2 heterocycles. The summed E-state index contributed by atoms with van der Waals surface area (Å²) in [5.41, 5.74) is 2.40. The van der Waals surface area contributed by atoms with Gasteiger partial charge in [-0.15, -0.1) is 0 Å². The maximum atomic E-state index is 12.5. The zero-order valence-corrected chi connectivity index (χ0v) is 14.9. The Morgan fingerprint density at radius 2 is 1.88 bits per heavy atom. The second kappa shape index (κ2) is 8.12. The van der Waals surface area contributed by atoms with E-state index < -0.39 is 0 Å². The summed E-state index contributed by atoms with van der Waals surface area (Å²) in [6.07, 6.45) is 3.50. The van der Waals surface area contributed by atoms with Crippen LogP contribution in [0.15, 0.2) is 54.9 Å². The summed E-state index contributed by atoms with van der Waals surface area (Å²) >= 11 is 0. The number of hydrogen-bond donors (Lipinski definition) is 1. The van der Waals surface area contributed by atoms with E-state index in [2.05, 4.69) is 46.4 Å². The molecule has 1 aromatic carbocycles. The molecule has 0 spiro atoms. The lowest BCUT2D eigenvalue weighted by Crippen LogP contribution is -2.45. The molecule has 0 radical (unpaired) electrons. The highest BCUT2D eigenvalue weighted by atomic mass is 16.2. The number of aromatic nitrogens is 1. The van der Waals surface area contributed by atoms with E-state index in [1.807, 2.05) is 25.2 Å². The first-order valence-electron chi connectivity index (χ1n) is 8.78. The third-order valence-electron chi connectivity index (χ3n) is 4.76. The molecule has 1 N–H and O–H groups in total. The van der Waals surface area contributed by atoms with Crippen LogP contribution in [0.4, 0.5) is 4.79 Å². The molecule has 25 heavy (non-hydrogen) atoms. The number of rotatable bonds is 5. The van der Waals surface area contributed by atoms with Crippen molar-refractivity contribution in [2.45, 2.75) is 26.1 Å². The van der Waals surface area contributed by atoms with Crippen molar-refractivity contribution < 1.29 is 4.79 Å². The third kappa shape index (κ3) is 4.79. The molecular formula is C20H26N4O. The highest BCUT2D eigenvalue weighted by molar-refractivity contribution is 5.74. The molecule has 3 rings (SSSR count). The van der Waals surface area contributed by atoms with Crippen LogP contribution in [0.1, 0.15) is 18.1 Å². The highest BCUT2D eigenvalue weighted by Crippen LogP contribution is 2.19. The van der Waals surface area contributed by atoms with Crippen molar-refractivity contribution in [3.63, 3.8) is 0 Å². The fraction of sp³-hybridized carbons (Fsp3) is 0.400. The van der Waals surface area contributed by atoms with Gasteiger partial charge in [0.2, 0.25) is 0 Å². The van der Waals surface area contributed by atoms with Crippen molar-refractivity contribution in [1.29, 1.82) is 0 Å². The predicted molar refractivity (Wildman–Crippen MR) is 98.9 cm³/mol. The molecule has 0 saturated carbocycles. The van der Waals surface area contributed by atoms with Gasteiger partial charge in [0.25, 0.3) is 0 Å². The van der Waals surface area contributed by atoms with Crippen LogP contribution in [0.3, 0.4) is 0 Å². The molecule has 2 unspecified atom stereocenters. The van der Waals surface area contributed by atoms with Gasteiger partial charge in [0, 0.05) is 51.7 Å². The normalized spacial score (nSPS) is 20.4. The average molecular weight is 338 g/mol. The Bertz CT molecular complexity index is 677. The van der Waals surface area contributed by atoms with E-state index in [1.54, 1.807) is 17.3 Å². The third-order valence-corrected chi connectivity index (χ3v) is 4.76. The molecule has 1 fully saturated rings. The summed E-state index contributed by atoms with van der Waals surface area (Å²) in [4.78, 5) is 20.6. The van der Waals surface area contributed by atoms with Gasteiger partial charge in [-0.3, -0.25) is 9.88 Å². The molecule has 0 aliphatic carbocycles. The topological polar surface area (TPSA) is 48.5 Å². The standard InChI is InChI=1S/C20H26N4O/c1-16-12-24(14-17-6-4-3-5-7-17)15-19(16)22-20(25)23(2)13-18-8-10-21-11-9-18/h3-11,16,19H,12-15H2,1-2H3,(H,22,25). The maximum absolute atomic E-state index is 12.5. The Balaban J connectivity index is 1.51. The van der Waals surface area contributed by atoms with Crippen LogP contribution in [-0.2, 0) is 13.1 Å². The van der Waals surface area contributed by atoms with E-state index in [4.69, 9.17) is 0 Å². The second-order valence-electron chi connectivity index (χ2n) is 6.92. The monoisotopic (exact) mass is 338 g/mol. The van der Waals surface area contributed by atoms with Gasteiger partial charge in [-0.05, 0) is 29.2 Å². The van der Waals surface area contributed by atoms with Crippen molar-refractivity contribution in [1.82, 2.24) is 20.1 Å². The van der Waals surface area contributed by atoms with Crippen molar-refractivity contribution >= 4 is 6.03 Å². The van der Waals surface area contributed by atoms with Gasteiger partial charge in [-0.25, -0.2) is 4.79 Å². The number of likely N-dealkylation sites (tertiary alicyclic amines) is 1. The fourth-order valence-corrected chi connectivity index (χ4v) is 3.33. The molecular weight excluding hydrogens is 312 g/mol. The van der Waals surface area contributed by atoms with Crippen LogP contribution >= 0.6 is 0 Å². The zero-order chi connectivity index (χ0) is 17.6. The van der Waals surface area contributed by atoms with Crippen LogP contribution in [0.5, 0.6) is 0 Å². The maximum Gasteiger partial charge on any atom is 0.317 e. The Labute approximate surface area is 149 Å². The molecule has 5 nitrogen and oxygen atoms in total. The van der Waals surface area contributed by atoms with Crippen LogP contribution in [0.2, 0.25) is 0 Å². The first kappa shape index (κ1) is 17.4. The van der Waals surface area contributed by atoms with Crippen LogP contribution in [0, 0.1) is 5.92 Å². The lowest BCUT2D eigenvalue weighted by Gasteiger charge is -2.23. The van der Waals surface area contributed by atoms with Gasteiger partial charge < -0.3 is 10.2 Å². The molecule has 132 valence electrons. The van der Waals surface area contributed by atoms with Gasteiger partial charge in [-0.2, -0.15) is 0 Å². The number of nitrogens with zero attached hydrogens (tertiary/aromatic N) is 3. The summed E-state index contributed by atoms with van der Waals surface area (Å²) in [5.74, 6) is 0.446. The van der Waals surface area contributed by atoms with Gasteiger partial charge in [0.1, 0.15) is 0 Å². The smallest absolute Gasteiger partial charge is 0.317 e. The molecule has 1 saturated heterocycles. The van der Waals surface area contributed by atoms with Crippen molar-refractivity contribution in [3.05, 3.63) is 66.0 Å². The highest BCUT2D eigenvalue weighted by Gasteiger charge is 2.31. The summed E-state index contributed by atoms with van der Waals surface area (Å²) < 4.78 is 0. The Hall–Kier alpha value is -2.40. The van der Waals surface area contributed by atoms with Crippen LogP contribution < -0.4 is 5.32 Å². The van der Waals surface area contributed by atoms with E-state index >= 15 is 0 Å². The molecule has 2 aromatic rings. The lowest BCUT2D eigenvalue weighted by atomic mass is 10.1. The molecule has 1 aliphatic heterocycles. The van der Waals surface area contributed by atoms with Gasteiger partial charge >= 0.3 is 6.03 Å². The van der Waals surface area contributed by atoms with E-state index in [0.717, 1.165) is 25.2 Å². The SMILES string of the molecule is CC1CN(Cc2ccccc2)CC1NC(=O)N(C)Cc1ccncc1.